The van der Waals surface area contributed by atoms with Gasteiger partial charge in [-0.05, 0) is 70.6 Å². The van der Waals surface area contributed by atoms with E-state index in [-0.39, 0.29) is 25.0 Å². The van der Waals surface area contributed by atoms with Crippen molar-refractivity contribution < 1.29 is 23.8 Å². The third-order valence-electron chi connectivity index (χ3n) is 7.32. The average Bonchev–Trinajstić information content (AvgIpc) is 3.55. The van der Waals surface area contributed by atoms with Crippen LogP contribution in [-0.4, -0.2) is 88.0 Å². The summed E-state index contributed by atoms with van der Waals surface area (Å²) in [4.78, 5) is 37.0. The lowest BCUT2D eigenvalue weighted by atomic mass is 10.1. The van der Waals surface area contributed by atoms with Crippen molar-refractivity contribution in [3.8, 4) is 28.6 Å². The van der Waals surface area contributed by atoms with Gasteiger partial charge in [0.25, 0.3) is 5.91 Å². The number of likely N-dealkylation sites (N-methyl/N-ethyl adjacent to an activating group) is 1. The molecule has 2 bridgehead atoms. The Bertz CT molecular complexity index is 1690. The van der Waals surface area contributed by atoms with Gasteiger partial charge in [0, 0.05) is 31.4 Å². The number of imidazole rings is 1. The van der Waals surface area contributed by atoms with Crippen molar-refractivity contribution >= 4 is 28.8 Å². The van der Waals surface area contributed by atoms with E-state index in [4.69, 9.17) is 19.2 Å². The highest BCUT2D eigenvalue weighted by molar-refractivity contribution is 6.05. The summed E-state index contributed by atoms with van der Waals surface area (Å²) in [5.41, 5.74) is 3.79. The van der Waals surface area contributed by atoms with Crippen LogP contribution >= 0.6 is 0 Å². The summed E-state index contributed by atoms with van der Waals surface area (Å²) in [6.45, 7) is 8.04. The minimum atomic E-state index is -0.323. The maximum Gasteiger partial charge on any atom is 0.258 e. The molecule has 13 heteroatoms. The van der Waals surface area contributed by atoms with E-state index < -0.39 is 0 Å². The van der Waals surface area contributed by atoms with Crippen molar-refractivity contribution in [1.82, 2.24) is 34.5 Å². The molecule has 1 aliphatic rings. The molecule has 0 fully saturated rings. The van der Waals surface area contributed by atoms with Crippen LogP contribution in [0.4, 0.5) is 5.95 Å². The molecule has 3 aromatic heterocycles. The van der Waals surface area contributed by atoms with Gasteiger partial charge in [0.2, 0.25) is 17.7 Å². The first-order valence-corrected chi connectivity index (χ1v) is 15.0. The number of amides is 2. The van der Waals surface area contributed by atoms with Gasteiger partial charge >= 0.3 is 0 Å². The molecule has 0 saturated heterocycles. The Labute approximate surface area is 262 Å². The zero-order valence-corrected chi connectivity index (χ0v) is 26.3. The predicted octanol–water partition coefficient (Wildman–Crippen LogP) is 3.58. The van der Waals surface area contributed by atoms with Crippen LogP contribution in [-0.2, 0) is 18.4 Å². The quantitative estimate of drug-likeness (QED) is 0.214. The molecule has 4 heterocycles. The number of hydrogen-bond donors (Lipinski definition) is 2. The Hall–Kier alpha value is -4.91. The lowest BCUT2D eigenvalue weighted by Gasteiger charge is -2.17. The largest absolute Gasteiger partial charge is 0.488 e. The molecule has 0 aliphatic carbocycles. The van der Waals surface area contributed by atoms with Gasteiger partial charge in [0.15, 0.2) is 11.5 Å². The Kier molecular flexibility index (Phi) is 9.98. The Morgan fingerprint density at radius 3 is 2.82 bits per heavy atom. The summed E-state index contributed by atoms with van der Waals surface area (Å²) in [5, 5.41) is 10.1. The lowest BCUT2D eigenvalue weighted by molar-refractivity contribution is -0.116. The van der Waals surface area contributed by atoms with Crippen LogP contribution in [0.2, 0.25) is 0 Å². The molecule has 0 radical (unpaired) electrons. The van der Waals surface area contributed by atoms with Gasteiger partial charge < -0.3 is 29.0 Å². The van der Waals surface area contributed by atoms with Gasteiger partial charge in [0.05, 0.1) is 36.1 Å². The Morgan fingerprint density at radius 1 is 1.18 bits per heavy atom. The van der Waals surface area contributed by atoms with E-state index in [2.05, 4.69) is 27.3 Å². The number of carbonyl (C=O) groups excluding carboxylic acids is 2. The van der Waals surface area contributed by atoms with Crippen molar-refractivity contribution in [1.29, 1.82) is 0 Å². The molecule has 1 aromatic carbocycles. The normalized spacial score (nSPS) is 13.6. The van der Waals surface area contributed by atoms with Crippen molar-refractivity contribution in [2.24, 2.45) is 7.05 Å². The molecule has 5 rings (SSSR count). The van der Waals surface area contributed by atoms with Gasteiger partial charge in [-0.15, -0.1) is 0 Å². The zero-order valence-electron chi connectivity index (χ0n) is 26.3. The van der Waals surface area contributed by atoms with E-state index in [9.17, 15) is 9.59 Å². The smallest absolute Gasteiger partial charge is 0.258 e. The van der Waals surface area contributed by atoms with Crippen LogP contribution in [0.15, 0.2) is 43.1 Å². The monoisotopic (exact) mass is 616 g/mol. The third-order valence-corrected chi connectivity index (χ3v) is 7.32. The summed E-state index contributed by atoms with van der Waals surface area (Å²) in [7, 11) is 5.78. The Balaban J connectivity index is 1.54. The fourth-order valence-corrected chi connectivity index (χ4v) is 5.08. The molecule has 4 aromatic rings. The van der Waals surface area contributed by atoms with Crippen molar-refractivity contribution in [3.63, 3.8) is 0 Å². The SMILES string of the molecule is C=CC(=O)NCCOc1c(OCCN(C)C)ccc2nc3n(c12)CCCCCOc1c(cnn1C)-c1cc(cc(C)n1)C(=O)N3. The van der Waals surface area contributed by atoms with Crippen LogP contribution in [0.25, 0.3) is 22.3 Å². The number of hydrogen-bond acceptors (Lipinski definition) is 9. The second kappa shape index (κ2) is 14.2. The average molecular weight is 617 g/mol. The molecule has 238 valence electrons. The first-order chi connectivity index (χ1) is 21.7. The second-order valence-corrected chi connectivity index (χ2v) is 11.1. The minimum Gasteiger partial charge on any atom is -0.488 e. The molecule has 13 nitrogen and oxygen atoms in total. The van der Waals surface area contributed by atoms with E-state index in [0.29, 0.717) is 77.6 Å². The van der Waals surface area contributed by atoms with E-state index in [1.54, 1.807) is 23.0 Å². The number of rotatable bonds is 9. The van der Waals surface area contributed by atoms with E-state index >= 15 is 0 Å². The number of nitrogens with one attached hydrogen (secondary N) is 2. The number of fused-ring (bicyclic) bond motifs is 7. The summed E-state index contributed by atoms with van der Waals surface area (Å²) < 4.78 is 22.2. The highest BCUT2D eigenvalue weighted by Gasteiger charge is 2.23. The fraction of sp³-hybridized carbons (Fsp3) is 0.406. The van der Waals surface area contributed by atoms with Gasteiger partial charge in [0.1, 0.15) is 18.7 Å². The van der Waals surface area contributed by atoms with Crippen molar-refractivity contribution in [2.75, 3.05) is 52.3 Å². The number of ether oxygens (including phenoxy) is 3. The van der Waals surface area contributed by atoms with Gasteiger partial charge in [-0.25, -0.2) is 9.67 Å². The molecular weight excluding hydrogens is 576 g/mol. The number of carbonyl (C=O) groups is 2. The molecule has 45 heavy (non-hydrogen) atoms. The molecule has 0 spiro atoms. The summed E-state index contributed by atoms with van der Waals surface area (Å²) >= 11 is 0. The maximum absolute atomic E-state index is 13.7. The summed E-state index contributed by atoms with van der Waals surface area (Å²) in [6.07, 6.45) is 5.41. The fourth-order valence-electron chi connectivity index (χ4n) is 5.08. The number of benzene rings is 1. The summed E-state index contributed by atoms with van der Waals surface area (Å²) in [6, 6.07) is 7.17. The van der Waals surface area contributed by atoms with Gasteiger partial charge in [-0.2, -0.15) is 5.10 Å². The molecule has 0 unspecified atom stereocenters. The highest BCUT2D eigenvalue weighted by atomic mass is 16.5. The van der Waals surface area contributed by atoms with Gasteiger partial charge in [-0.3, -0.25) is 19.9 Å². The first-order valence-electron chi connectivity index (χ1n) is 15.0. The number of pyridine rings is 1. The second-order valence-electron chi connectivity index (χ2n) is 11.1. The van der Waals surface area contributed by atoms with Crippen LogP contribution in [0.1, 0.15) is 35.3 Å². The first kappa shape index (κ1) is 31.5. The minimum absolute atomic E-state index is 0.196. The lowest BCUT2D eigenvalue weighted by Crippen LogP contribution is -2.26. The standard InChI is InChI=1S/C32H40N8O5/c1-6-27(41)33-12-16-44-29-26(43-17-14-38(3)4)11-10-24-28(29)40-13-8-7-9-15-45-31-23(20-34-39(31)5)25-19-22(18-21(2)35-25)30(42)37-32(40)36-24/h6,10-11,18-20H,1,7-9,12-17H2,2-5H3,(H,33,41)(H,36,37,42). The summed E-state index contributed by atoms with van der Waals surface area (Å²) in [5.74, 6) is 1.46. The zero-order chi connectivity index (χ0) is 31.9. The number of nitrogens with zero attached hydrogens (tertiary/aromatic N) is 6. The molecule has 2 N–H and O–H groups in total. The van der Waals surface area contributed by atoms with Crippen LogP contribution in [0.5, 0.6) is 17.4 Å². The molecule has 1 aliphatic heterocycles. The molecular formula is C32H40N8O5. The Morgan fingerprint density at radius 2 is 2.02 bits per heavy atom. The van der Waals surface area contributed by atoms with Crippen LogP contribution in [0.3, 0.4) is 0 Å². The number of anilines is 1. The van der Waals surface area contributed by atoms with E-state index in [1.165, 1.54) is 6.08 Å². The van der Waals surface area contributed by atoms with Crippen LogP contribution < -0.4 is 24.8 Å². The molecule has 0 atom stereocenters. The number of aryl methyl sites for hydroxylation is 3. The van der Waals surface area contributed by atoms with Crippen LogP contribution in [0, 0.1) is 6.92 Å². The van der Waals surface area contributed by atoms with E-state index in [0.717, 1.165) is 24.8 Å². The third kappa shape index (κ3) is 7.43. The molecule has 0 saturated carbocycles. The van der Waals surface area contributed by atoms with Gasteiger partial charge in [-0.1, -0.05) is 6.58 Å². The molecule has 2 amide bonds. The maximum atomic E-state index is 13.7. The predicted molar refractivity (Wildman–Crippen MR) is 171 cm³/mol. The van der Waals surface area contributed by atoms with E-state index in [1.807, 2.05) is 49.7 Å². The number of aromatic nitrogens is 5. The highest BCUT2D eigenvalue weighted by Crippen LogP contribution is 2.38. The topological polar surface area (TPSA) is 138 Å². The van der Waals surface area contributed by atoms with Crippen molar-refractivity contribution in [3.05, 3.63) is 54.4 Å². The van der Waals surface area contributed by atoms with Crippen molar-refractivity contribution in [2.45, 2.75) is 32.7 Å².